The van der Waals surface area contributed by atoms with Crippen LogP contribution in [0.25, 0.3) is 0 Å². The number of benzene rings is 1. The van der Waals surface area contributed by atoms with E-state index in [1.807, 2.05) is 0 Å². The molecule has 0 saturated carbocycles. The number of nitrogens with zero attached hydrogens (tertiary/aromatic N) is 1. The zero-order valence-corrected chi connectivity index (χ0v) is 12.2. The van der Waals surface area contributed by atoms with Crippen molar-refractivity contribution in [3.8, 4) is 0 Å². The highest BCUT2D eigenvalue weighted by Crippen LogP contribution is 2.25. The quantitative estimate of drug-likeness (QED) is 0.324. The summed E-state index contributed by atoms with van der Waals surface area (Å²) in [5, 5.41) is 11.2. The molecule has 0 spiro atoms. The van der Waals surface area contributed by atoms with E-state index in [0.29, 0.717) is 0 Å². The van der Waals surface area contributed by atoms with Crippen molar-refractivity contribution in [2.45, 2.75) is 20.3 Å². The molecule has 1 rings (SSSR count). The Bertz CT molecular complexity index is 609. The molecule has 0 unspecified atom stereocenters. The van der Waals surface area contributed by atoms with Gasteiger partial charge in [0.25, 0.3) is 5.69 Å². The summed E-state index contributed by atoms with van der Waals surface area (Å²) in [6.07, 6.45) is -0.525. The fourth-order valence-electron chi connectivity index (χ4n) is 1.78. The van der Waals surface area contributed by atoms with Gasteiger partial charge < -0.3 is 9.47 Å². The zero-order chi connectivity index (χ0) is 16.7. The smallest absolute Gasteiger partial charge is 0.374 e. The SMILES string of the molecule is CCOC(=O)C(=O)Cc1cccc(C(=O)OCC)c1[N+](=O)[O-]. The first kappa shape index (κ1) is 17.3. The summed E-state index contributed by atoms with van der Waals surface area (Å²) in [4.78, 5) is 45.1. The van der Waals surface area contributed by atoms with Crippen LogP contribution in [0.15, 0.2) is 18.2 Å². The minimum Gasteiger partial charge on any atom is -0.462 e. The Morgan fingerprint density at radius 2 is 1.77 bits per heavy atom. The highest BCUT2D eigenvalue weighted by atomic mass is 16.6. The first-order chi connectivity index (χ1) is 10.4. The number of hydrogen-bond acceptors (Lipinski definition) is 7. The van der Waals surface area contributed by atoms with Crippen molar-refractivity contribution < 1.29 is 28.8 Å². The maximum absolute atomic E-state index is 11.7. The molecule has 0 atom stereocenters. The molecule has 8 heteroatoms. The standard InChI is InChI=1S/C14H15NO7/c1-3-21-13(17)10-7-5-6-9(12(10)15(19)20)8-11(16)14(18)22-4-2/h5-7H,3-4,8H2,1-2H3. The summed E-state index contributed by atoms with van der Waals surface area (Å²) < 4.78 is 9.29. The molecule has 0 aliphatic heterocycles. The summed E-state index contributed by atoms with van der Waals surface area (Å²) in [5.74, 6) is -2.86. The van der Waals surface area contributed by atoms with E-state index in [2.05, 4.69) is 4.74 Å². The van der Waals surface area contributed by atoms with Crippen molar-refractivity contribution in [2.75, 3.05) is 13.2 Å². The molecule has 1 aromatic rings. The second-order valence-corrected chi connectivity index (χ2v) is 4.11. The van der Waals surface area contributed by atoms with E-state index in [9.17, 15) is 24.5 Å². The Morgan fingerprint density at radius 3 is 2.32 bits per heavy atom. The van der Waals surface area contributed by atoms with Crippen LogP contribution < -0.4 is 0 Å². The third-order valence-corrected chi connectivity index (χ3v) is 2.65. The lowest BCUT2D eigenvalue weighted by Gasteiger charge is -2.07. The van der Waals surface area contributed by atoms with Crippen molar-refractivity contribution in [1.29, 1.82) is 0 Å². The molecular weight excluding hydrogens is 294 g/mol. The van der Waals surface area contributed by atoms with Gasteiger partial charge in [-0.2, -0.15) is 0 Å². The van der Waals surface area contributed by atoms with Crippen LogP contribution in [0, 0.1) is 10.1 Å². The molecule has 0 fully saturated rings. The number of nitro groups is 1. The van der Waals surface area contributed by atoms with Crippen LogP contribution >= 0.6 is 0 Å². The average Bonchev–Trinajstić information content (AvgIpc) is 2.47. The van der Waals surface area contributed by atoms with Gasteiger partial charge in [-0.05, 0) is 19.9 Å². The molecule has 22 heavy (non-hydrogen) atoms. The highest BCUT2D eigenvalue weighted by Gasteiger charge is 2.28. The van der Waals surface area contributed by atoms with E-state index in [1.54, 1.807) is 6.92 Å². The Morgan fingerprint density at radius 1 is 1.14 bits per heavy atom. The van der Waals surface area contributed by atoms with Gasteiger partial charge in [-0.25, -0.2) is 9.59 Å². The first-order valence-electron chi connectivity index (χ1n) is 6.55. The topological polar surface area (TPSA) is 113 Å². The van der Waals surface area contributed by atoms with E-state index >= 15 is 0 Å². The number of rotatable bonds is 7. The van der Waals surface area contributed by atoms with Crippen LogP contribution in [-0.4, -0.2) is 35.9 Å². The maximum atomic E-state index is 11.7. The van der Waals surface area contributed by atoms with Gasteiger partial charge in [0.1, 0.15) is 5.56 Å². The molecule has 0 bridgehead atoms. The van der Waals surface area contributed by atoms with E-state index in [4.69, 9.17) is 4.74 Å². The Hall–Kier alpha value is -2.77. The normalized spacial score (nSPS) is 9.91. The van der Waals surface area contributed by atoms with Crippen LogP contribution in [0.1, 0.15) is 29.8 Å². The first-order valence-corrected chi connectivity index (χ1v) is 6.55. The van der Waals surface area contributed by atoms with Gasteiger partial charge in [-0.15, -0.1) is 0 Å². The van der Waals surface area contributed by atoms with E-state index in [0.717, 1.165) is 0 Å². The number of ether oxygens (including phenoxy) is 2. The molecular formula is C14H15NO7. The molecule has 0 aliphatic rings. The van der Waals surface area contributed by atoms with Crippen molar-refractivity contribution >= 4 is 23.4 Å². The average molecular weight is 309 g/mol. The fourth-order valence-corrected chi connectivity index (χ4v) is 1.78. The summed E-state index contributed by atoms with van der Waals surface area (Å²) in [5.41, 5.74) is -0.854. The molecule has 8 nitrogen and oxygen atoms in total. The number of para-hydroxylation sites is 1. The minimum absolute atomic E-state index is 0.0233. The number of carbonyl (C=O) groups is 3. The van der Waals surface area contributed by atoms with Crippen LogP contribution in [0.5, 0.6) is 0 Å². The van der Waals surface area contributed by atoms with Gasteiger partial charge >= 0.3 is 11.9 Å². The van der Waals surface area contributed by atoms with E-state index in [1.165, 1.54) is 25.1 Å². The number of Topliss-reactive ketones (excluding diaryl/α,β-unsaturated/α-hetero) is 1. The Balaban J connectivity index is 3.17. The van der Waals surface area contributed by atoms with Gasteiger partial charge in [0.05, 0.1) is 18.1 Å². The molecule has 0 heterocycles. The van der Waals surface area contributed by atoms with Gasteiger partial charge in [0, 0.05) is 12.0 Å². The predicted molar refractivity (Wildman–Crippen MR) is 74.4 cm³/mol. The van der Waals surface area contributed by atoms with Crippen molar-refractivity contribution in [3.63, 3.8) is 0 Å². The second-order valence-electron chi connectivity index (χ2n) is 4.11. The maximum Gasteiger partial charge on any atom is 0.374 e. The molecule has 0 aromatic heterocycles. The van der Waals surface area contributed by atoms with Gasteiger partial charge in [-0.3, -0.25) is 14.9 Å². The summed E-state index contributed by atoms with van der Waals surface area (Å²) >= 11 is 0. The van der Waals surface area contributed by atoms with E-state index in [-0.39, 0.29) is 24.3 Å². The number of esters is 2. The minimum atomic E-state index is -1.07. The molecule has 1 aromatic carbocycles. The lowest BCUT2D eigenvalue weighted by molar-refractivity contribution is -0.385. The van der Waals surface area contributed by atoms with Crippen molar-refractivity contribution in [3.05, 3.63) is 39.4 Å². The Labute approximate surface area is 126 Å². The summed E-state index contributed by atoms with van der Waals surface area (Å²) in [6.45, 7) is 3.18. The third-order valence-electron chi connectivity index (χ3n) is 2.65. The zero-order valence-electron chi connectivity index (χ0n) is 12.2. The number of carbonyl (C=O) groups excluding carboxylic acids is 3. The lowest BCUT2D eigenvalue weighted by Crippen LogP contribution is -2.20. The van der Waals surface area contributed by atoms with E-state index < -0.39 is 34.8 Å². The second kappa shape index (κ2) is 7.87. The number of nitro benzene ring substituents is 1. The number of ketones is 1. The van der Waals surface area contributed by atoms with Crippen molar-refractivity contribution in [2.24, 2.45) is 0 Å². The van der Waals surface area contributed by atoms with Gasteiger partial charge in [-0.1, -0.05) is 12.1 Å². The molecule has 0 radical (unpaired) electrons. The van der Waals surface area contributed by atoms with Crippen LogP contribution in [-0.2, 0) is 25.5 Å². The molecule has 118 valence electrons. The fraction of sp³-hybridized carbons (Fsp3) is 0.357. The summed E-state index contributed by atoms with van der Waals surface area (Å²) in [6, 6.07) is 3.92. The summed E-state index contributed by atoms with van der Waals surface area (Å²) in [7, 11) is 0. The highest BCUT2D eigenvalue weighted by molar-refractivity contribution is 6.34. The number of hydrogen-bond donors (Lipinski definition) is 0. The monoisotopic (exact) mass is 309 g/mol. The Kier molecular flexibility index (Phi) is 6.18. The predicted octanol–water partition coefficient (Wildman–Crippen LogP) is 1.45. The van der Waals surface area contributed by atoms with Crippen LogP contribution in [0.4, 0.5) is 5.69 Å². The van der Waals surface area contributed by atoms with Gasteiger partial charge in [0.2, 0.25) is 5.78 Å². The van der Waals surface area contributed by atoms with Crippen molar-refractivity contribution in [1.82, 2.24) is 0 Å². The van der Waals surface area contributed by atoms with Gasteiger partial charge in [0.15, 0.2) is 0 Å². The lowest BCUT2D eigenvalue weighted by atomic mass is 10.0. The third kappa shape index (κ3) is 4.11. The largest absolute Gasteiger partial charge is 0.462 e. The molecule has 0 saturated heterocycles. The van der Waals surface area contributed by atoms with Crippen LogP contribution in [0.2, 0.25) is 0 Å². The van der Waals surface area contributed by atoms with Crippen LogP contribution in [0.3, 0.4) is 0 Å². The molecule has 0 N–H and O–H groups in total. The molecule has 0 amide bonds. The molecule has 0 aliphatic carbocycles.